The number of hydrogen-bond acceptors (Lipinski definition) is 2. The Hall–Kier alpha value is -0.435. The van der Waals surface area contributed by atoms with Crippen LogP contribution in [0.4, 0.5) is 0 Å². The predicted octanol–water partition coefficient (Wildman–Crippen LogP) is 0.769. The van der Waals surface area contributed by atoms with E-state index in [9.17, 15) is 0 Å². The zero-order valence-corrected chi connectivity index (χ0v) is 6.75. The minimum atomic E-state index is 0.884. The van der Waals surface area contributed by atoms with Gasteiger partial charge in [-0.3, -0.25) is 4.90 Å². The van der Waals surface area contributed by atoms with E-state index in [0.717, 1.165) is 5.92 Å². The molecule has 3 aliphatic heterocycles. The SMILES string of the molecule is C=C1CN2CCC1CC2.[B]=O. The standard InChI is InChI=1S/C8H13N.BO/c1-7-6-9-4-2-8(7)3-5-9;1-2/h8H,1-6H2;. The molecule has 59 valence electrons. The summed E-state index contributed by atoms with van der Waals surface area (Å²) in [6, 6.07) is 0. The molecule has 0 unspecified atom stereocenters. The van der Waals surface area contributed by atoms with Crippen LogP contribution in [-0.4, -0.2) is 32.3 Å². The molecule has 1 radical (unpaired) electrons. The van der Waals surface area contributed by atoms with Crippen molar-refractivity contribution in [2.75, 3.05) is 19.6 Å². The summed E-state index contributed by atoms with van der Waals surface area (Å²) in [6.07, 6.45) is 2.75. The predicted molar refractivity (Wildman–Crippen MR) is 44.7 cm³/mol. The maximum atomic E-state index is 7.75. The molecular formula is C8H13BNO. The molecule has 3 fully saturated rings. The van der Waals surface area contributed by atoms with Gasteiger partial charge in [0, 0.05) is 6.54 Å². The molecule has 3 aliphatic rings. The van der Waals surface area contributed by atoms with Gasteiger partial charge in [0.15, 0.2) is 0 Å². The Morgan fingerprint density at radius 3 is 2.09 bits per heavy atom. The average Bonchev–Trinajstić information content (AvgIpc) is 2.10. The van der Waals surface area contributed by atoms with Crippen LogP contribution in [-0.2, 0) is 4.70 Å². The van der Waals surface area contributed by atoms with Crippen molar-refractivity contribution in [3.05, 3.63) is 12.2 Å². The van der Waals surface area contributed by atoms with E-state index in [1.807, 2.05) is 0 Å². The van der Waals surface area contributed by atoms with Gasteiger partial charge in [0.25, 0.3) is 0 Å². The molecule has 0 amide bonds. The normalized spacial score (nSPS) is 34.3. The second kappa shape index (κ2) is 3.81. The summed E-state index contributed by atoms with van der Waals surface area (Å²) in [5.41, 5.74) is 1.48. The van der Waals surface area contributed by atoms with Crippen LogP contribution >= 0.6 is 0 Å². The summed E-state index contributed by atoms with van der Waals surface area (Å²) >= 11 is 0. The second-order valence-electron chi connectivity index (χ2n) is 3.21. The van der Waals surface area contributed by atoms with Gasteiger partial charge in [-0.1, -0.05) is 12.2 Å². The molecule has 3 rings (SSSR count). The first-order valence-electron chi connectivity index (χ1n) is 4.00. The van der Waals surface area contributed by atoms with E-state index in [4.69, 9.17) is 4.70 Å². The fraction of sp³-hybridized carbons (Fsp3) is 0.750. The molecular weight excluding hydrogens is 137 g/mol. The van der Waals surface area contributed by atoms with E-state index in [0.29, 0.717) is 0 Å². The van der Waals surface area contributed by atoms with Crippen LogP contribution in [0.3, 0.4) is 0 Å². The summed E-state index contributed by atoms with van der Waals surface area (Å²) in [5, 5.41) is 0. The average molecular weight is 150 g/mol. The second-order valence-corrected chi connectivity index (χ2v) is 3.21. The molecule has 3 saturated heterocycles. The third-order valence-corrected chi connectivity index (χ3v) is 2.59. The first-order chi connectivity index (χ1) is 5.36. The first-order valence-corrected chi connectivity index (χ1v) is 4.00. The van der Waals surface area contributed by atoms with Crippen molar-refractivity contribution in [2.24, 2.45) is 5.92 Å². The third kappa shape index (κ3) is 1.77. The van der Waals surface area contributed by atoms with E-state index in [2.05, 4.69) is 19.2 Å². The fourth-order valence-corrected chi connectivity index (χ4v) is 1.92. The van der Waals surface area contributed by atoms with Crippen molar-refractivity contribution in [1.82, 2.24) is 4.90 Å². The molecule has 0 aromatic heterocycles. The number of rotatable bonds is 0. The van der Waals surface area contributed by atoms with Crippen molar-refractivity contribution in [1.29, 1.82) is 0 Å². The molecule has 0 atom stereocenters. The van der Waals surface area contributed by atoms with Gasteiger partial charge in [-0.15, -0.1) is 0 Å². The van der Waals surface area contributed by atoms with Crippen LogP contribution in [0.2, 0.25) is 0 Å². The van der Waals surface area contributed by atoms with Gasteiger partial charge < -0.3 is 0 Å². The fourth-order valence-electron chi connectivity index (χ4n) is 1.92. The van der Waals surface area contributed by atoms with Crippen LogP contribution in [0.5, 0.6) is 0 Å². The number of piperidine rings is 3. The van der Waals surface area contributed by atoms with Gasteiger partial charge in [-0.05, 0) is 31.8 Å². The Balaban J connectivity index is 0.000000281. The van der Waals surface area contributed by atoms with Gasteiger partial charge in [-0.25, -0.2) is 0 Å². The molecule has 0 aromatic carbocycles. The summed E-state index contributed by atoms with van der Waals surface area (Å²) in [4.78, 5) is 2.50. The van der Waals surface area contributed by atoms with Gasteiger partial charge in [0.1, 0.15) is 0 Å². The van der Waals surface area contributed by atoms with Crippen molar-refractivity contribution in [2.45, 2.75) is 12.8 Å². The van der Waals surface area contributed by atoms with Crippen molar-refractivity contribution in [3.8, 4) is 0 Å². The number of hydrogen-bond donors (Lipinski definition) is 0. The number of fused-ring (bicyclic) bond motifs is 3. The Kier molecular flexibility index (Phi) is 3.00. The van der Waals surface area contributed by atoms with E-state index in [-0.39, 0.29) is 0 Å². The van der Waals surface area contributed by atoms with Crippen LogP contribution < -0.4 is 0 Å². The van der Waals surface area contributed by atoms with Crippen molar-refractivity contribution in [3.63, 3.8) is 0 Å². The van der Waals surface area contributed by atoms with E-state index in [1.54, 1.807) is 0 Å². The molecule has 2 nitrogen and oxygen atoms in total. The van der Waals surface area contributed by atoms with Gasteiger partial charge in [0.05, 0.1) is 0 Å². The van der Waals surface area contributed by atoms with Crippen LogP contribution in [0.15, 0.2) is 12.2 Å². The zero-order valence-electron chi connectivity index (χ0n) is 6.75. The van der Waals surface area contributed by atoms with E-state index in [1.165, 1.54) is 38.0 Å². The summed E-state index contributed by atoms with van der Waals surface area (Å²) in [6.45, 7) is 7.89. The number of nitrogens with zero attached hydrogens (tertiary/aromatic N) is 1. The third-order valence-electron chi connectivity index (χ3n) is 2.59. The van der Waals surface area contributed by atoms with Crippen LogP contribution in [0.25, 0.3) is 0 Å². The van der Waals surface area contributed by atoms with Gasteiger partial charge >= 0.3 is 12.4 Å². The summed E-state index contributed by atoms with van der Waals surface area (Å²) in [5.74, 6) is 0.884. The molecule has 3 heterocycles. The zero-order chi connectivity index (χ0) is 8.27. The Bertz CT molecular complexity index is 152. The Labute approximate surface area is 68.7 Å². The monoisotopic (exact) mass is 150 g/mol. The van der Waals surface area contributed by atoms with Crippen LogP contribution in [0.1, 0.15) is 12.8 Å². The van der Waals surface area contributed by atoms with Crippen molar-refractivity contribution >= 4 is 7.72 Å². The van der Waals surface area contributed by atoms with Gasteiger partial charge in [0.2, 0.25) is 0 Å². The first kappa shape index (κ1) is 8.66. The Morgan fingerprint density at radius 2 is 1.91 bits per heavy atom. The van der Waals surface area contributed by atoms with E-state index < -0.39 is 0 Å². The molecule has 0 aliphatic carbocycles. The molecule has 0 aromatic rings. The maximum absolute atomic E-state index is 7.75. The molecule has 11 heavy (non-hydrogen) atoms. The summed E-state index contributed by atoms with van der Waals surface area (Å²) < 4.78 is 7.75. The topological polar surface area (TPSA) is 20.3 Å². The molecule has 3 heteroatoms. The quantitative estimate of drug-likeness (QED) is 0.375. The summed E-state index contributed by atoms with van der Waals surface area (Å²) in [7, 11) is 3.25. The van der Waals surface area contributed by atoms with Crippen LogP contribution in [0, 0.1) is 5.92 Å². The molecule has 2 bridgehead atoms. The molecule has 0 saturated carbocycles. The Morgan fingerprint density at radius 1 is 1.36 bits per heavy atom. The molecule has 0 spiro atoms. The van der Waals surface area contributed by atoms with E-state index >= 15 is 0 Å². The van der Waals surface area contributed by atoms with Crippen molar-refractivity contribution < 1.29 is 4.70 Å². The molecule has 0 N–H and O–H groups in total. The van der Waals surface area contributed by atoms with Gasteiger partial charge in [-0.2, -0.15) is 0 Å². The minimum absolute atomic E-state index is 0.884.